The lowest BCUT2D eigenvalue weighted by Gasteiger charge is -2.16. The number of aryl methyl sites for hydroxylation is 1. The minimum absolute atomic E-state index is 0.0892. The van der Waals surface area contributed by atoms with E-state index in [-0.39, 0.29) is 17.0 Å². The van der Waals surface area contributed by atoms with E-state index in [1.807, 2.05) is 46.1 Å². The minimum atomic E-state index is -0.443. The van der Waals surface area contributed by atoms with E-state index in [4.69, 9.17) is 11.6 Å². The minimum Gasteiger partial charge on any atom is -0.340 e. The van der Waals surface area contributed by atoms with Crippen LogP contribution in [0.25, 0.3) is 11.3 Å². The summed E-state index contributed by atoms with van der Waals surface area (Å²) in [5.74, 6) is -0.354. The van der Waals surface area contributed by atoms with Crippen LogP contribution in [0.1, 0.15) is 24.4 Å². The summed E-state index contributed by atoms with van der Waals surface area (Å²) in [4.78, 5) is 14.4. The molecule has 28 heavy (non-hydrogen) atoms. The maximum Gasteiger partial charge on any atom is 0.222 e. The highest BCUT2D eigenvalue weighted by atomic mass is 35.5. The summed E-state index contributed by atoms with van der Waals surface area (Å²) in [6.45, 7) is 1.33. The molecule has 0 spiro atoms. The van der Waals surface area contributed by atoms with Gasteiger partial charge in [0.15, 0.2) is 0 Å². The number of hydrogen-bond donors (Lipinski definition) is 0. The summed E-state index contributed by atoms with van der Waals surface area (Å²) in [5, 5.41) is 8.61. The zero-order valence-electron chi connectivity index (χ0n) is 15.3. The molecule has 2 heterocycles. The molecule has 0 bridgehead atoms. The molecule has 0 aliphatic carbocycles. The summed E-state index contributed by atoms with van der Waals surface area (Å²) in [6.07, 6.45) is 3.71. The molecule has 1 aliphatic rings. The second-order valence-electron chi connectivity index (χ2n) is 6.98. The van der Waals surface area contributed by atoms with E-state index in [0.29, 0.717) is 25.9 Å². The predicted molar refractivity (Wildman–Crippen MR) is 105 cm³/mol. The van der Waals surface area contributed by atoms with Crippen LogP contribution in [-0.2, 0) is 11.2 Å². The summed E-state index contributed by atoms with van der Waals surface area (Å²) < 4.78 is 15.1. The number of carbonyl (C=O) groups is 1. The first-order valence-corrected chi connectivity index (χ1v) is 9.67. The number of halogens is 2. The van der Waals surface area contributed by atoms with Gasteiger partial charge in [0.1, 0.15) is 11.5 Å². The molecule has 0 N–H and O–H groups in total. The van der Waals surface area contributed by atoms with Crippen LogP contribution in [0, 0.1) is 5.82 Å². The third-order valence-electron chi connectivity index (χ3n) is 5.08. The molecule has 1 aliphatic heterocycles. The molecule has 1 unspecified atom stereocenters. The van der Waals surface area contributed by atoms with Crippen molar-refractivity contribution in [2.45, 2.75) is 25.3 Å². The van der Waals surface area contributed by atoms with Crippen molar-refractivity contribution in [2.75, 3.05) is 13.1 Å². The molecule has 5 nitrogen and oxygen atoms in total. The van der Waals surface area contributed by atoms with Crippen molar-refractivity contribution >= 4 is 17.5 Å². The van der Waals surface area contributed by atoms with E-state index in [2.05, 4.69) is 10.3 Å². The van der Waals surface area contributed by atoms with Crippen molar-refractivity contribution in [2.24, 2.45) is 0 Å². The molecular formula is C21H20ClFN4O. The first-order chi connectivity index (χ1) is 13.6. The normalized spacial score (nSPS) is 16.5. The van der Waals surface area contributed by atoms with Crippen molar-refractivity contribution < 1.29 is 9.18 Å². The monoisotopic (exact) mass is 398 g/mol. The smallest absolute Gasteiger partial charge is 0.222 e. The van der Waals surface area contributed by atoms with Gasteiger partial charge in [-0.15, -0.1) is 5.10 Å². The van der Waals surface area contributed by atoms with E-state index in [1.54, 1.807) is 12.1 Å². The van der Waals surface area contributed by atoms with Crippen LogP contribution in [0.15, 0.2) is 54.7 Å². The van der Waals surface area contributed by atoms with Gasteiger partial charge < -0.3 is 4.90 Å². The molecule has 0 saturated carbocycles. The van der Waals surface area contributed by atoms with Gasteiger partial charge in [0.05, 0.1) is 17.3 Å². The molecule has 144 valence electrons. The Labute approximate surface area is 167 Å². The topological polar surface area (TPSA) is 51.0 Å². The quantitative estimate of drug-likeness (QED) is 0.649. The number of hydrogen-bond acceptors (Lipinski definition) is 3. The largest absolute Gasteiger partial charge is 0.340 e. The van der Waals surface area contributed by atoms with E-state index >= 15 is 0 Å². The zero-order chi connectivity index (χ0) is 19.5. The Hall–Kier alpha value is -2.73. The predicted octanol–water partition coefficient (Wildman–Crippen LogP) is 4.14. The van der Waals surface area contributed by atoms with Crippen molar-refractivity contribution in [1.29, 1.82) is 0 Å². The van der Waals surface area contributed by atoms with Gasteiger partial charge in [-0.2, -0.15) is 0 Å². The molecule has 1 amide bonds. The Morgan fingerprint density at radius 3 is 2.82 bits per heavy atom. The summed E-state index contributed by atoms with van der Waals surface area (Å²) in [5.41, 5.74) is 2.72. The number of carbonyl (C=O) groups excluding carboxylic acids is 1. The highest BCUT2D eigenvalue weighted by Crippen LogP contribution is 2.24. The van der Waals surface area contributed by atoms with Crippen molar-refractivity contribution in [1.82, 2.24) is 19.9 Å². The molecule has 7 heteroatoms. The van der Waals surface area contributed by atoms with Crippen LogP contribution >= 0.6 is 11.6 Å². The number of aromatic nitrogens is 3. The lowest BCUT2D eigenvalue weighted by Crippen LogP contribution is -2.29. The van der Waals surface area contributed by atoms with Crippen molar-refractivity contribution in [3.8, 4) is 11.3 Å². The zero-order valence-corrected chi connectivity index (χ0v) is 16.0. The van der Waals surface area contributed by atoms with Crippen LogP contribution in [0.5, 0.6) is 0 Å². The average molecular weight is 399 g/mol. The summed E-state index contributed by atoms with van der Waals surface area (Å²) in [7, 11) is 0. The second-order valence-corrected chi connectivity index (χ2v) is 7.39. The fourth-order valence-electron chi connectivity index (χ4n) is 3.49. The molecule has 1 aromatic heterocycles. The Bertz CT molecular complexity index is 976. The fourth-order valence-corrected chi connectivity index (χ4v) is 3.69. The first kappa shape index (κ1) is 18.6. The molecule has 0 radical (unpaired) electrons. The van der Waals surface area contributed by atoms with Crippen molar-refractivity contribution in [3.05, 3.63) is 71.1 Å². The number of amides is 1. The van der Waals surface area contributed by atoms with Crippen LogP contribution in [0.4, 0.5) is 4.39 Å². The highest BCUT2D eigenvalue weighted by Gasteiger charge is 2.28. The maximum absolute atomic E-state index is 13.2. The number of rotatable bonds is 5. The van der Waals surface area contributed by atoms with Crippen LogP contribution in [0.2, 0.25) is 5.02 Å². The first-order valence-electron chi connectivity index (χ1n) is 9.29. The van der Waals surface area contributed by atoms with E-state index in [0.717, 1.165) is 23.2 Å². The van der Waals surface area contributed by atoms with Gasteiger partial charge in [0, 0.05) is 25.1 Å². The van der Waals surface area contributed by atoms with Gasteiger partial charge in [0.2, 0.25) is 5.91 Å². The van der Waals surface area contributed by atoms with Gasteiger partial charge in [-0.3, -0.25) is 4.79 Å². The molecule has 1 saturated heterocycles. The Kier molecular flexibility index (Phi) is 5.39. The fraction of sp³-hybridized carbons (Fsp3) is 0.286. The molecular weight excluding hydrogens is 379 g/mol. The molecule has 1 atom stereocenters. The SMILES string of the molecule is O=C(CCc1ccc(F)c(Cl)c1)N1CCC(n2cc(-c3ccccc3)nn2)C1. The second kappa shape index (κ2) is 8.10. The van der Waals surface area contributed by atoms with Gasteiger partial charge in [-0.1, -0.05) is 53.2 Å². The summed E-state index contributed by atoms with van der Waals surface area (Å²) in [6, 6.07) is 14.6. The number of nitrogens with zero attached hydrogens (tertiary/aromatic N) is 4. The number of benzene rings is 2. The molecule has 2 aromatic carbocycles. The average Bonchev–Trinajstić information content (AvgIpc) is 3.39. The number of likely N-dealkylation sites (tertiary alicyclic amines) is 1. The molecule has 3 aromatic rings. The summed E-state index contributed by atoms with van der Waals surface area (Å²) >= 11 is 5.80. The van der Waals surface area contributed by atoms with E-state index < -0.39 is 5.82 Å². The standard InChI is InChI=1S/C21H20ClFN4O/c22-18-12-15(6-8-19(18)23)7-9-21(28)26-11-10-17(13-26)27-14-20(24-25-27)16-4-2-1-3-5-16/h1-6,8,12,14,17H,7,9-11,13H2. The van der Waals surface area contributed by atoms with E-state index in [1.165, 1.54) is 6.07 Å². The third-order valence-corrected chi connectivity index (χ3v) is 5.37. The van der Waals surface area contributed by atoms with Gasteiger partial charge in [-0.25, -0.2) is 9.07 Å². The highest BCUT2D eigenvalue weighted by molar-refractivity contribution is 6.30. The molecule has 1 fully saturated rings. The lowest BCUT2D eigenvalue weighted by molar-refractivity contribution is -0.130. The van der Waals surface area contributed by atoms with Gasteiger partial charge in [-0.05, 0) is 30.5 Å². The molecule has 4 rings (SSSR count). The van der Waals surface area contributed by atoms with Gasteiger partial charge >= 0.3 is 0 Å². The maximum atomic E-state index is 13.2. The van der Waals surface area contributed by atoms with Crippen LogP contribution < -0.4 is 0 Å². The third kappa shape index (κ3) is 4.07. The Morgan fingerprint density at radius 2 is 2.04 bits per heavy atom. The van der Waals surface area contributed by atoms with E-state index in [9.17, 15) is 9.18 Å². The Morgan fingerprint density at radius 1 is 1.21 bits per heavy atom. The van der Waals surface area contributed by atoms with Crippen LogP contribution in [0.3, 0.4) is 0 Å². The van der Waals surface area contributed by atoms with Crippen molar-refractivity contribution in [3.63, 3.8) is 0 Å². The lowest BCUT2D eigenvalue weighted by atomic mass is 10.1. The van der Waals surface area contributed by atoms with Gasteiger partial charge in [0.25, 0.3) is 0 Å². The Balaban J connectivity index is 1.34. The van der Waals surface area contributed by atoms with Crippen LogP contribution in [-0.4, -0.2) is 38.9 Å².